The molecule has 0 saturated heterocycles. The molecule has 92 valence electrons. The molecular weight excluding hydrogens is 258 g/mol. The molecule has 0 unspecified atom stereocenters. The smallest absolute Gasteiger partial charge is 0.218 e. The van der Waals surface area contributed by atoms with Gasteiger partial charge in [0.05, 0.1) is 7.11 Å². The van der Waals surface area contributed by atoms with Crippen LogP contribution in [0.15, 0.2) is 36.4 Å². The fraction of sp³-hybridized carbons (Fsp3) is 0.0714. The molecule has 0 fully saturated rings. The first-order valence-electron chi connectivity index (χ1n) is 5.62. The molecule has 0 atom stereocenters. The van der Waals surface area contributed by atoms with E-state index in [0.29, 0.717) is 5.01 Å². The zero-order valence-corrected chi connectivity index (χ0v) is 10.9. The Hall–Kier alpha value is -2.45. The van der Waals surface area contributed by atoms with Crippen LogP contribution in [0.4, 0.5) is 0 Å². The Labute approximate surface area is 113 Å². The van der Waals surface area contributed by atoms with E-state index in [1.54, 1.807) is 7.11 Å². The van der Waals surface area contributed by atoms with Gasteiger partial charge < -0.3 is 4.74 Å². The van der Waals surface area contributed by atoms with Crippen LogP contribution in [0, 0.1) is 11.3 Å². The predicted molar refractivity (Wildman–Crippen MR) is 74.1 cm³/mol. The van der Waals surface area contributed by atoms with Crippen LogP contribution < -0.4 is 4.74 Å². The molecule has 0 aliphatic rings. The third-order valence-electron chi connectivity index (χ3n) is 2.82. The van der Waals surface area contributed by atoms with Gasteiger partial charge in [0.1, 0.15) is 16.8 Å². The molecule has 5 heteroatoms. The highest BCUT2D eigenvalue weighted by atomic mass is 32.1. The van der Waals surface area contributed by atoms with Crippen LogP contribution in [0.5, 0.6) is 5.75 Å². The molecule has 0 spiro atoms. The second kappa shape index (κ2) is 4.67. The van der Waals surface area contributed by atoms with Crippen molar-refractivity contribution in [1.82, 2.24) is 10.2 Å². The lowest BCUT2D eigenvalue weighted by Crippen LogP contribution is -1.83. The summed E-state index contributed by atoms with van der Waals surface area (Å²) in [6, 6.07) is 13.9. The van der Waals surface area contributed by atoms with Crippen LogP contribution in [0.2, 0.25) is 0 Å². The Kier molecular flexibility index (Phi) is 2.86. The lowest BCUT2D eigenvalue weighted by atomic mass is 10.1. The topological polar surface area (TPSA) is 58.8 Å². The molecule has 0 N–H and O–H groups in total. The molecule has 0 saturated carbocycles. The normalized spacial score (nSPS) is 10.3. The van der Waals surface area contributed by atoms with E-state index in [0.717, 1.165) is 27.1 Å². The molecule has 0 aliphatic carbocycles. The van der Waals surface area contributed by atoms with Gasteiger partial charge in [0.25, 0.3) is 0 Å². The highest BCUT2D eigenvalue weighted by molar-refractivity contribution is 7.15. The lowest BCUT2D eigenvalue weighted by Gasteiger charge is -2.03. The molecular formula is C14H9N3OS. The van der Waals surface area contributed by atoms with Crippen molar-refractivity contribution in [3.05, 3.63) is 41.4 Å². The van der Waals surface area contributed by atoms with Gasteiger partial charge in [-0.15, -0.1) is 10.2 Å². The highest BCUT2D eigenvalue weighted by Crippen LogP contribution is 2.28. The number of rotatable bonds is 2. The first-order chi connectivity index (χ1) is 9.30. The van der Waals surface area contributed by atoms with E-state index >= 15 is 0 Å². The molecule has 0 amide bonds. The average Bonchev–Trinajstić information content (AvgIpc) is 2.95. The number of ether oxygens (including phenoxy) is 1. The highest BCUT2D eigenvalue weighted by Gasteiger charge is 2.07. The van der Waals surface area contributed by atoms with Gasteiger partial charge in [0, 0.05) is 5.56 Å². The van der Waals surface area contributed by atoms with Gasteiger partial charge in [-0.3, -0.25) is 0 Å². The molecule has 0 radical (unpaired) electrons. The number of benzene rings is 2. The largest absolute Gasteiger partial charge is 0.497 e. The number of nitriles is 1. The molecule has 2 aromatic carbocycles. The molecule has 1 heterocycles. The third kappa shape index (κ3) is 2.14. The zero-order chi connectivity index (χ0) is 13.2. The van der Waals surface area contributed by atoms with Gasteiger partial charge in [-0.2, -0.15) is 5.26 Å². The van der Waals surface area contributed by atoms with Crippen LogP contribution in [0.25, 0.3) is 21.3 Å². The summed E-state index contributed by atoms with van der Waals surface area (Å²) in [5.74, 6) is 0.836. The second-order valence-electron chi connectivity index (χ2n) is 3.95. The van der Waals surface area contributed by atoms with Crippen LogP contribution in [0.1, 0.15) is 5.01 Å². The fourth-order valence-electron chi connectivity index (χ4n) is 1.87. The van der Waals surface area contributed by atoms with E-state index < -0.39 is 0 Å². The molecule has 1 aromatic heterocycles. The number of hydrogen-bond acceptors (Lipinski definition) is 5. The van der Waals surface area contributed by atoms with Crippen molar-refractivity contribution in [2.75, 3.05) is 7.11 Å². The van der Waals surface area contributed by atoms with E-state index in [1.165, 1.54) is 11.3 Å². The summed E-state index contributed by atoms with van der Waals surface area (Å²) in [5, 5.41) is 19.9. The Balaban J connectivity index is 2.09. The first kappa shape index (κ1) is 11.6. The summed E-state index contributed by atoms with van der Waals surface area (Å²) >= 11 is 1.29. The van der Waals surface area contributed by atoms with Crippen molar-refractivity contribution in [3.8, 4) is 22.4 Å². The molecule has 0 bridgehead atoms. The maximum absolute atomic E-state index is 8.77. The first-order valence-corrected chi connectivity index (χ1v) is 6.43. The Morgan fingerprint density at radius 2 is 1.89 bits per heavy atom. The van der Waals surface area contributed by atoms with Gasteiger partial charge in [0.2, 0.25) is 5.01 Å². The van der Waals surface area contributed by atoms with Gasteiger partial charge >= 0.3 is 0 Å². The average molecular weight is 267 g/mol. The Morgan fingerprint density at radius 1 is 1.11 bits per heavy atom. The lowest BCUT2D eigenvalue weighted by molar-refractivity contribution is 0.415. The van der Waals surface area contributed by atoms with Crippen LogP contribution >= 0.6 is 11.3 Å². The van der Waals surface area contributed by atoms with E-state index in [4.69, 9.17) is 10.00 Å². The van der Waals surface area contributed by atoms with E-state index in [2.05, 4.69) is 10.2 Å². The van der Waals surface area contributed by atoms with Crippen molar-refractivity contribution in [2.24, 2.45) is 0 Å². The van der Waals surface area contributed by atoms with E-state index in [9.17, 15) is 0 Å². The molecule has 3 rings (SSSR count). The molecule has 0 aliphatic heterocycles. The number of fused-ring (bicyclic) bond motifs is 1. The van der Waals surface area contributed by atoms with Gasteiger partial charge in [-0.05, 0) is 29.0 Å². The minimum Gasteiger partial charge on any atom is -0.497 e. The summed E-state index contributed by atoms with van der Waals surface area (Å²) in [4.78, 5) is 0. The van der Waals surface area contributed by atoms with Gasteiger partial charge in [0.15, 0.2) is 0 Å². The summed E-state index contributed by atoms with van der Waals surface area (Å²) in [6.07, 6.45) is 0. The molecule has 3 aromatic rings. The standard InChI is InChI=1S/C14H9N3OS/c1-18-12-5-4-9-6-11(3-2-10(9)7-12)14-17-16-13(8-15)19-14/h2-7H,1H3. The second-order valence-corrected chi connectivity index (χ2v) is 4.93. The minimum atomic E-state index is 0.379. The summed E-state index contributed by atoms with van der Waals surface area (Å²) in [5.41, 5.74) is 0.969. The minimum absolute atomic E-state index is 0.379. The third-order valence-corrected chi connectivity index (χ3v) is 3.69. The van der Waals surface area contributed by atoms with Gasteiger partial charge in [-0.1, -0.05) is 29.5 Å². The Morgan fingerprint density at radius 3 is 2.63 bits per heavy atom. The summed E-state index contributed by atoms with van der Waals surface area (Å²) in [7, 11) is 1.65. The van der Waals surface area contributed by atoms with Crippen LogP contribution in [-0.4, -0.2) is 17.3 Å². The summed E-state index contributed by atoms with van der Waals surface area (Å²) in [6.45, 7) is 0. The van der Waals surface area contributed by atoms with Crippen molar-refractivity contribution in [1.29, 1.82) is 5.26 Å². The van der Waals surface area contributed by atoms with Crippen molar-refractivity contribution >= 4 is 22.1 Å². The van der Waals surface area contributed by atoms with Crippen molar-refractivity contribution in [2.45, 2.75) is 0 Å². The molecule has 19 heavy (non-hydrogen) atoms. The Bertz CT molecular complexity index is 789. The number of hydrogen-bond donors (Lipinski definition) is 0. The fourth-order valence-corrected chi connectivity index (χ4v) is 2.51. The summed E-state index contributed by atoms with van der Waals surface area (Å²) < 4.78 is 5.20. The van der Waals surface area contributed by atoms with Crippen molar-refractivity contribution in [3.63, 3.8) is 0 Å². The monoisotopic (exact) mass is 267 g/mol. The number of aromatic nitrogens is 2. The maximum Gasteiger partial charge on any atom is 0.218 e. The van der Waals surface area contributed by atoms with E-state index in [-0.39, 0.29) is 0 Å². The zero-order valence-electron chi connectivity index (χ0n) is 10.1. The predicted octanol–water partition coefficient (Wildman–Crippen LogP) is 3.24. The van der Waals surface area contributed by atoms with Crippen LogP contribution in [-0.2, 0) is 0 Å². The number of nitrogens with zero attached hydrogens (tertiary/aromatic N) is 3. The molecule has 4 nitrogen and oxygen atoms in total. The quantitative estimate of drug-likeness (QED) is 0.715. The number of methoxy groups -OCH3 is 1. The van der Waals surface area contributed by atoms with E-state index in [1.807, 2.05) is 42.5 Å². The van der Waals surface area contributed by atoms with Crippen LogP contribution in [0.3, 0.4) is 0 Å². The van der Waals surface area contributed by atoms with Crippen molar-refractivity contribution < 1.29 is 4.74 Å². The maximum atomic E-state index is 8.77. The van der Waals surface area contributed by atoms with Gasteiger partial charge in [-0.25, -0.2) is 0 Å². The SMILES string of the molecule is COc1ccc2cc(-c3nnc(C#N)s3)ccc2c1.